The Bertz CT molecular complexity index is 175. The number of hydrogen-bond donors (Lipinski definition) is 1. The Kier molecular flexibility index (Phi) is 3.19. The zero-order chi connectivity index (χ0) is 9.07. The monoisotopic (exact) mass is 159 g/mol. The summed E-state index contributed by atoms with van der Waals surface area (Å²) in [6.07, 6.45) is 0.264. The molecule has 0 aromatic heterocycles. The van der Waals surface area contributed by atoms with Crippen LogP contribution in [-0.2, 0) is 14.3 Å². The summed E-state index contributed by atoms with van der Waals surface area (Å²) < 4.78 is 4.58. The molecular weight excluding hydrogens is 146 g/mol. The van der Waals surface area contributed by atoms with E-state index in [4.69, 9.17) is 5.73 Å². The summed E-state index contributed by atoms with van der Waals surface area (Å²) in [7, 11) is 0. The smallest absolute Gasteiger partial charge is 0.304 e. The number of Topliss-reactive ketones (excluding diaryl/α,β-unsaturated/α-hetero) is 1. The van der Waals surface area contributed by atoms with Crippen LogP contribution in [0.4, 0.5) is 0 Å². The molecule has 0 fully saturated rings. The summed E-state index contributed by atoms with van der Waals surface area (Å²) in [4.78, 5) is 21.4. The third-order valence-corrected chi connectivity index (χ3v) is 1.23. The molecule has 0 aromatic carbocycles. The Labute approximate surface area is 65.7 Å². The molecule has 64 valence electrons. The molecule has 4 heteroatoms. The highest BCUT2D eigenvalue weighted by molar-refractivity contribution is 5.88. The van der Waals surface area contributed by atoms with E-state index in [0.717, 1.165) is 0 Å². The van der Waals surface area contributed by atoms with Gasteiger partial charge in [0.15, 0.2) is 5.78 Å². The van der Waals surface area contributed by atoms with Crippen molar-refractivity contribution in [2.24, 2.45) is 5.73 Å². The van der Waals surface area contributed by atoms with Crippen molar-refractivity contribution < 1.29 is 14.3 Å². The van der Waals surface area contributed by atoms with Crippen LogP contribution in [0.15, 0.2) is 0 Å². The average molecular weight is 159 g/mol. The number of esters is 1. The van der Waals surface area contributed by atoms with Crippen LogP contribution in [0.1, 0.15) is 27.2 Å². The Morgan fingerprint density at radius 2 is 2.00 bits per heavy atom. The van der Waals surface area contributed by atoms with Crippen molar-refractivity contribution in [1.29, 1.82) is 0 Å². The van der Waals surface area contributed by atoms with Gasteiger partial charge in [0.05, 0.1) is 0 Å². The van der Waals surface area contributed by atoms with Gasteiger partial charge < -0.3 is 4.74 Å². The fourth-order valence-corrected chi connectivity index (χ4v) is 0.707. The molecule has 0 spiro atoms. The van der Waals surface area contributed by atoms with E-state index < -0.39 is 11.7 Å². The van der Waals surface area contributed by atoms with Gasteiger partial charge in [-0.2, -0.15) is 0 Å². The van der Waals surface area contributed by atoms with Gasteiger partial charge in [-0.1, -0.05) is 6.92 Å². The highest BCUT2D eigenvalue weighted by Crippen LogP contribution is 2.05. The maximum Gasteiger partial charge on any atom is 0.304 e. The average Bonchev–Trinajstić information content (AvgIpc) is 1.83. The van der Waals surface area contributed by atoms with Crippen LogP contribution in [0.5, 0.6) is 0 Å². The predicted molar refractivity (Wildman–Crippen MR) is 39.7 cm³/mol. The molecule has 0 radical (unpaired) electrons. The minimum Gasteiger partial charge on any atom is -0.437 e. The minimum atomic E-state index is -1.46. The largest absolute Gasteiger partial charge is 0.437 e. The van der Waals surface area contributed by atoms with Crippen molar-refractivity contribution in [1.82, 2.24) is 0 Å². The molecule has 0 amide bonds. The number of carbonyl (C=O) groups is 2. The summed E-state index contributed by atoms with van der Waals surface area (Å²) >= 11 is 0. The molecule has 0 aliphatic heterocycles. The molecule has 0 rings (SSSR count). The van der Waals surface area contributed by atoms with E-state index in [-0.39, 0.29) is 12.2 Å². The quantitative estimate of drug-likeness (QED) is 0.472. The fraction of sp³-hybridized carbons (Fsp3) is 0.714. The maximum absolute atomic E-state index is 11.0. The lowest BCUT2D eigenvalue weighted by atomic mass is 10.1. The first kappa shape index (κ1) is 10.1. The van der Waals surface area contributed by atoms with E-state index >= 15 is 0 Å². The van der Waals surface area contributed by atoms with Crippen molar-refractivity contribution in [2.45, 2.75) is 32.9 Å². The van der Waals surface area contributed by atoms with Crippen LogP contribution in [0.3, 0.4) is 0 Å². The third-order valence-electron chi connectivity index (χ3n) is 1.23. The summed E-state index contributed by atoms with van der Waals surface area (Å²) in [6, 6.07) is 0. The zero-order valence-electron chi connectivity index (χ0n) is 7.01. The molecule has 0 aromatic rings. The number of hydrogen-bond acceptors (Lipinski definition) is 4. The normalized spacial score (nSPS) is 15.3. The second kappa shape index (κ2) is 3.48. The Morgan fingerprint density at radius 1 is 1.55 bits per heavy atom. The van der Waals surface area contributed by atoms with Gasteiger partial charge in [-0.15, -0.1) is 0 Å². The molecule has 2 N–H and O–H groups in total. The number of ether oxygens (including phenoxy) is 1. The number of carbonyl (C=O) groups excluding carboxylic acids is 2. The lowest BCUT2D eigenvalue weighted by Crippen LogP contribution is -2.48. The van der Waals surface area contributed by atoms with Gasteiger partial charge in [0.25, 0.3) is 0 Å². The Hall–Kier alpha value is -0.900. The fourth-order valence-electron chi connectivity index (χ4n) is 0.707. The van der Waals surface area contributed by atoms with Gasteiger partial charge in [-0.3, -0.25) is 15.3 Å². The molecule has 0 heterocycles. The van der Waals surface area contributed by atoms with Gasteiger partial charge in [-0.25, -0.2) is 0 Å². The standard InChI is InChI=1S/C7H13NO3/c1-4-6(10)7(3,8)11-5(2)9/h4,8H2,1-3H3. The molecule has 11 heavy (non-hydrogen) atoms. The molecular formula is C7H13NO3. The Morgan fingerprint density at radius 3 is 2.27 bits per heavy atom. The molecule has 0 aliphatic carbocycles. The molecule has 0 bridgehead atoms. The van der Waals surface area contributed by atoms with Gasteiger partial charge in [0.1, 0.15) is 0 Å². The summed E-state index contributed by atoms with van der Waals surface area (Å²) in [5.74, 6) is -0.829. The first-order valence-corrected chi connectivity index (χ1v) is 3.42. The number of nitrogens with two attached hydrogens (primary N) is 1. The van der Waals surface area contributed by atoms with Gasteiger partial charge >= 0.3 is 5.97 Å². The van der Waals surface area contributed by atoms with Gasteiger partial charge in [-0.05, 0) is 6.92 Å². The summed E-state index contributed by atoms with van der Waals surface area (Å²) in [5.41, 5.74) is 3.92. The third kappa shape index (κ3) is 3.13. The van der Waals surface area contributed by atoms with E-state index in [1.165, 1.54) is 13.8 Å². The van der Waals surface area contributed by atoms with E-state index in [1.54, 1.807) is 6.92 Å². The van der Waals surface area contributed by atoms with E-state index in [1.807, 2.05) is 0 Å². The minimum absolute atomic E-state index is 0.264. The first-order chi connectivity index (χ1) is 4.90. The predicted octanol–water partition coefficient (Wildman–Crippen LogP) is 0.203. The van der Waals surface area contributed by atoms with Crippen LogP contribution in [0.25, 0.3) is 0 Å². The highest BCUT2D eigenvalue weighted by Gasteiger charge is 2.29. The van der Waals surface area contributed by atoms with Crippen molar-refractivity contribution in [3.8, 4) is 0 Å². The second-order valence-electron chi connectivity index (χ2n) is 2.48. The topological polar surface area (TPSA) is 69.4 Å². The van der Waals surface area contributed by atoms with Gasteiger partial charge in [0, 0.05) is 13.3 Å². The SMILES string of the molecule is CCC(=O)C(C)(N)OC(C)=O. The molecule has 4 nitrogen and oxygen atoms in total. The van der Waals surface area contributed by atoms with Crippen LogP contribution in [0, 0.1) is 0 Å². The molecule has 0 saturated carbocycles. The Balaban J connectivity index is 4.21. The molecule has 1 unspecified atom stereocenters. The second-order valence-corrected chi connectivity index (χ2v) is 2.48. The lowest BCUT2D eigenvalue weighted by Gasteiger charge is -2.21. The maximum atomic E-state index is 11.0. The van der Waals surface area contributed by atoms with Crippen molar-refractivity contribution in [3.05, 3.63) is 0 Å². The molecule has 0 aliphatic rings. The number of ketones is 1. The van der Waals surface area contributed by atoms with E-state index in [2.05, 4.69) is 4.74 Å². The van der Waals surface area contributed by atoms with Crippen LogP contribution in [-0.4, -0.2) is 17.5 Å². The summed E-state index contributed by atoms with van der Waals surface area (Å²) in [6.45, 7) is 4.26. The lowest BCUT2D eigenvalue weighted by molar-refractivity contribution is -0.163. The first-order valence-electron chi connectivity index (χ1n) is 3.42. The van der Waals surface area contributed by atoms with Crippen molar-refractivity contribution in [2.75, 3.05) is 0 Å². The number of rotatable bonds is 3. The highest BCUT2D eigenvalue weighted by atomic mass is 16.6. The zero-order valence-corrected chi connectivity index (χ0v) is 7.01. The van der Waals surface area contributed by atoms with Crippen LogP contribution >= 0.6 is 0 Å². The van der Waals surface area contributed by atoms with Crippen molar-refractivity contribution in [3.63, 3.8) is 0 Å². The molecule has 1 atom stereocenters. The van der Waals surface area contributed by atoms with Crippen LogP contribution in [0.2, 0.25) is 0 Å². The van der Waals surface area contributed by atoms with Crippen LogP contribution < -0.4 is 5.73 Å². The molecule has 0 saturated heterocycles. The summed E-state index contributed by atoms with van der Waals surface area (Å²) in [5, 5.41) is 0. The van der Waals surface area contributed by atoms with Gasteiger partial charge in [0.2, 0.25) is 5.72 Å². The van der Waals surface area contributed by atoms with E-state index in [9.17, 15) is 9.59 Å². The van der Waals surface area contributed by atoms with Crippen molar-refractivity contribution >= 4 is 11.8 Å². The van der Waals surface area contributed by atoms with E-state index in [0.29, 0.717) is 0 Å².